The molecule has 0 aromatic rings. The first-order valence-electron chi connectivity index (χ1n) is 4.04. The third-order valence-electron chi connectivity index (χ3n) is 1.93. The smallest absolute Gasteiger partial charge is 0.157 e. The second kappa shape index (κ2) is 4.70. The van der Waals surface area contributed by atoms with Gasteiger partial charge in [-0.1, -0.05) is 0 Å². The van der Waals surface area contributed by atoms with E-state index in [1.54, 1.807) is 14.2 Å². The van der Waals surface area contributed by atoms with Gasteiger partial charge in [-0.05, 0) is 19.3 Å². The number of hydrogen-bond donors (Lipinski definition) is 0. The van der Waals surface area contributed by atoms with Crippen LogP contribution in [0.25, 0.3) is 0 Å². The van der Waals surface area contributed by atoms with Gasteiger partial charge in [0.15, 0.2) is 6.29 Å². The van der Waals surface area contributed by atoms with Crippen LogP contribution in [-0.4, -0.2) is 33.2 Å². The van der Waals surface area contributed by atoms with E-state index in [0.29, 0.717) is 6.61 Å². The molecule has 0 aromatic heterocycles. The standard InChI is InChI=1S/C8H16O3/c1-9-6-7-4-3-5-8(10-2)11-7/h7-8H,3-6H2,1-2H3/t7-,8-/m0/s1. The summed E-state index contributed by atoms with van der Waals surface area (Å²) in [6.45, 7) is 0.680. The minimum absolute atomic E-state index is 0.0103. The molecule has 1 saturated heterocycles. The van der Waals surface area contributed by atoms with E-state index in [1.165, 1.54) is 6.42 Å². The van der Waals surface area contributed by atoms with Gasteiger partial charge in [0.25, 0.3) is 0 Å². The van der Waals surface area contributed by atoms with Gasteiger partial charge in [-0.15, -0.1) is 0 Å². The third kappa shape index (κ3) is 2.77. The lowest BCUT2D eigenvalue weighted by molar-refractivity contribution is -0.190. The molecule has 1 rings (SSSR count). The maximum Gasteiger partial charge on any atom is 0.157 e. The van der Waals surface area contributed by atoms with Gasteiger partial charge in [0.1, 0.15) is 0 Å². The summed E-state index contributed by atoms with van der Waals surface area (Å²) in [5.41, 5.74) is 0. The second-order valence-corrected chi connectivity index (χ2v) is 2.81. The molecule has 0 N–H and O–H groups in total. The van der Waals surface area contributed by atoms with Gasteiger partial charge in [0.2, 0.25) is 0 Å². The van der Waals surface area contributed by atoms with Crippen LogP contribution >= 0.6 is 0 Å². The molecule has 0 radical (unpaired) electrons. The minimum Gasteiger partial charge on any atom is -0.382 e. The SMILES string of the molecule is COC[C@@H]1CCC[C@@H](OC)O1. The van der Waals surface area contributed by atoms with Crippen LogP contribution in [0.4, 0.5) is 0 Å². The van der Waals surface area contributed by atoms with Crippen molar-refractivity contribution in [3.8, 4) is 0 Å². The average Bonchev–Trinajstić information content (AvgIpc) is 2.06. The van der Waals surface area contributed by atoms with Crippen molar-refractivity contribution in [2.75, 3.05) is 20.8 Å². The molecule has 0 saturated carbocycles. The van der Waals surface area contributed by atoms with Crippen LogP contribution in [-0.2, 0) is 14.2 Å². The lowest BCUT2D eigenvalue weighted by Gasteiger charge is -2.28. The van der Waals surface area contributed by atoms with E-state index < -0.39 is 0 Å². The summed E-state index contributed by atoms with van der Waals surface area (Å²) in [4.78, 5) is 0. The van der Waals surface area contributed by atoms with Crippen LogP contribution < -0.4 is 0 Å². The van der Waals surface area contributed by atoms with Gasteiger partial charge in [-0.2, -0.15) is 0 Å². The second-order valence-electron chi connectivity index (χ2n) is 2.81. The maximum absolute atomic E-state index is 5.53. The first-order chi connectivity index (χ1) is 5.36. The molecule has 1 aliphatic rings. The van der Waals surface area contributed by atoms with Crippen molar-refractivity contribution < 1.29 is 14.2 Å². The maximum atomic E-state index is 5.53. The fourth-order valence-corrected chi connectivity index (χ4v) is 1.34. The Hall–Kier alpha value is -0.120. The predicted molar refractivity (Wildman–Crippen MR) is 41.4 cm³/mol. The summed E-state index contributed by atoms with van der Waals surface area (Å²) in [6.07, 6.45) is 3.50. The zero-order valence-corrected chi connectivity index (χ0v) is 7.21. The lowest BCUT2D eigenvalue weighted by Crippen LogP contribution is -2.31. The highest BCUT2D eigenvalue weighted by molar-refractivity contribution is 4.64. The molecule has 0 aliphatic carbocycles. The molecule has 1 fully saturated rings. The molecular formula is C8H16O3. The summed E-state index contributed by atoms with van der Waals surface area (Å²) in [7, 11) is 3.37. The van der Waals surface area contributed by atoms with Gasteiger partial charge in [0, 0.05) is 14.2 Å². The molecule has 11 heavy (non-hydrogen) atoms. The largest absolute Gasteiger partial charge is 0.382 e. The summed E-state index contributed by atoms with van der Waals surface area (Å²) in [5.74, 6) is 0. The van der Waals surface area contributed by atoms with Crippen LogP contribution in [0.5, 0.6) is 0 Å². The van der Waals surface area contributed by atoms with Crippen LogP contribution in [0.15, 0.2) is 0 Å². The Labute approximate surface area is 67.6 Å². The van der Waals surface area contributed by atoms with E-state index in [4.69, 9.17) is 14.2 Å². The lowest BCUT2D eigenvalue weighted by atomic mass is 10.1. The zero-order chi connectivity index (χ0) is 8.10. The Kier molecular flexibility index (Phi) is 3.83. The fourth-order valence-electron chi connectivity index (χ4n) is 1.34. The third-order valence-corrected chi connectivity index (χ3v) is 1.93. The Morgan fingerprint density at radius 1 is 1.36 bits per heavy atom. The minimum atomic E-state index is -0.0103. The molecule has 1 heterocycles. The first kappa shape index (κ1) is 8.97. The molecule has 3 heteroatoms. The predicted octanol–water partition coefficient (Wildman–Crippen LogP) is 1.17. The highest BCUT2D eigenvalue weighted by Crippen LogP contribution is 2.19. The van der Waals surface area contributed by atoms with Crippen LogP contribution in [0, 0.1) is 0 Å². The Balaban J connectivity index is 2.21. The topological polar surface area (TPSA) is 27.7 Å². The van der Waals surface area contributed by atoms with Crippen molar-refractivity contribution in [2.24, 2.45) is 0 Å². The van der Waals surface area contributed by atoms with E-state index in [-0.39, 0.29) is 12.4 Å². The zero-order valence-electron chi connectivity index (χ0n) is 7.21. The van der Waals surface area contributed by atoms with E-state index >= 15 is 0 Å². The highest BCUT2D eigenvalue weighted by Gasteiger charge is 2.21. The monoisotopic (exact) mass is 160 g/mol. The molecular weight excluding hydrogens is 144 g/mol. The molecule has 3 nitrogen and oxygen atoms in total. The van der Waals surface area contributed by atoms with Crippen LogP contribution in [0.2, 0.25) is 0 Å². The van der Waals surface area contributed by atoms with Crippen LogP contribution in [0.1, 0.15) is 19.3 Å². The van der Waals surface area contributed by atoms with Crippen molar-refractivity contribution in [2.45, 2.75) is 31.7 Å². The quantitative estimate of drug-likeness (QED) is 0.620. The van der Waals surface area contributed by atoms with E-state index in [9.17, 15) is 0 Å². The van der Waals surface area contributed by atoms with Gasteiger partial charge in [-0.3, -0.25) is 0 Å². The Morgan fingerprint density at radius 3 is 2.82 bits per heavy atom. The van der Waals surface area contributed by atoms with Crippen molar-refractivity contribution in [3.63, 3.8) is 0 Å². The fraction of sp³-hybridized carbons (Fsp3) is 1.00. The Morgan fingerprint density at radius 2 is 2.18 bits per heavy atom. The van der Waals surface area contributed by atoms with Gasteiger partial charge in [0.05, 0.1) is 12.7 Å². The summed E-state index contributed by atoms with van der Waals surface area (Å²) < 4.78 is 15.6. The molecule has 1 aliphatic heterocycles. The highest BCUT2D eigenvalue weighted by atomic mass is 16.7. The number of methoxy groups -OCH3 is 2. The number of rotatable bonds is 3. The molecule has 2 atom stereocenters. The molecule has 0 bridgehead atoms. The first-order valence-corrected chi connectivity index (χ1v) is 4.04. The molecule has 0 amide bonds. The molecule has 66 valence electrons. The number of ether oxygens (including phenoxy) is 3. The normalized spacial score (nSPS) is 32.2. The van der Waals surface area contributed by atoms with Gasteiger partial charge >= 0.3 is 0 Å². The van der Waals surface area contributed by atoms with Gasteiger partial charge in [-0.25, -0.2) is 0 Å². The summed E-state index contributed by atoms with van der Waals surface area (Å²) >= 11 is 0. The van der Waals surface area contributed by atoms with Gasteiger partial charge < -0.3 is 14.2 Å². The van der Waals surface area contributed by atoms with Crippen molar-refractivity contribution in [1.82, 2.24) is 0 Å². The van der Waals surface area contributed by atoms with E-state index in [1.807, 2.05) is 0 Å². The van der Waals surface area contributed by atoms with E-state index in [0.717, 1.165) is 12.8 Å². The van der Waals surface area contributed by atoms with Crippen molar-refractivity contribution >= 4 is 0 Å². The summed E-state index contributed by atoms with van der Waals surface area (Å²) in [6, 6.07) is 0. The summed E-state index contributed by atoms with van der Waals surface area (Å²) in [5, 5.41) is 0. The van der Waals surface area contributed by atoms with Crippen molar-refractivity contribution in [1.29, 1.82) is 0 Å². The number of hydrogen-bond acceptors (Lipinski definition) is 3. The van der Waals surface area contributed by atoms with Crippen LogP contribution in [0.3, 0.4) is 0 Å². The molecule has 0 spiro atoms. The Bertz CT molecular complexity index is 104. The van der Waals surface area contributed by atoms with Crippen molar-refractivity contribution in [3.05, 3.63) is 0 Å². The average molecular weight is 160 g/mol. The molecule has 0 aromatic carbocycles. The van der Waals surface area contributed by atoms with E-state index in [2.05, 4.69) is 0 Å². The molecule has 0 unspecified atom stereocenters.